The van der Waals surface area contributed by atoms with E-state index in [1.54, 1.807) is 6.26 Å². The topological polar surface area (TPSA) is 40.4 Å². The van der Waals surface area contributed by atoms with Crippen LogP contribution >= 0.6 is 12.2 Å². The number of nitrogens with zero attached hydrogens (tertiary/aromatic N) is 1. The van der Waals surface area contributed by atoms with Crippen LogP contribution in [-0.2, 0) is 0 Å². The van der Waals surface area contributed by atoms with E-state index in [9.17, 15) is 0 Å². The van der Waals surface area contributed by atoms with Crippen molar-refractivity contribution < 1.29 is 4.42 Å². The smallest absolute Gasteiger partial charge is 0.170 e. The number of benzene rings is 1. The highest BCUT2D eigenvalue weighted by Gasteiger charge is 2.16. The lowest BCUT2D eigenvalue weighted by Crippen LogP contribution is -2.36. The molecule has 0 unspecified atom stereocenters. The van der Waals surface area contributed by atoms with Gasteiger partial charge >= 0.3 is 0 Å². The lowest BCUT2D eigenvalue weighted by atomic mass is 10.1. The van der Waals surface area contributed by atoms with Crippen LogP contribution in [-0.4, -0.2) is 30.7 Å². The summed E-state index contributed by atoms with van der Waals surface area (Å²) in [6.07, 6.45) is 1.69. The number of nitrogens with one attached hydrogen (secondary N) is 2. The molecule has 5 heteroatoms. The lowest BCUT2D eigenvalue weighted by Gasteiger charge is -2.23. The minimum atomic E-state index is 0.134. The molecule has 4 nitrogen and oxygen atoms in total. The van der Waals surface area contributed by atoms with Gasteiger partial charge in [-0.3, -0.25) is 4.90 Å². The first-order valence-corrected chi connectivity index (χ1v) is 7.70. The monoisotopic (exact) mass is 317 g/mol. The van der Waals surface area contributed by atoms with Crippen molar-refractivity contribution in [3.63, 3.8) is 0 Å². The Kier molecular flexibility index (Phi) is 5.57. The fraction of sp³-hybridized carbons (Fsp3) is 0.353. The van der Waals surface area contributed by atoms with Gasteiger partial charge in [-0.05, 0) is 75.6 Å². The molecule has 2 N–H and O–H groups in total. The van der Waals surface area contributed by atoms with Gasteiger partial charge in [0.2, 0.25) is 0 Å². The van der Waals surface area contributed by atoms with Crippen LogP contribution < -0.4 is 10.6 Å². The normalized spacial score (nSPS) is 12.2. The van der Waals surface area contributed by atoms with Gasteiger partial charge < -0.3 is 15.1 Å². The Labute approximate surface area is 137 Å². The van der Waals surface area contributed by atoms with Crippen molar-refractivity contribution in [1.82, 2.24) is 10.2 Å². The second-order valence-corrected chi connectivity index (χ2v) is 6.04. The molecule has 0 aliphatic carbocycles. The number of furan rings is 1. The van der Waals surface area contributed by atoms with Gasteiger partial charge in [0.05, 0.1) is 12.3 Å². The quantitative estimate of drug-likeness (QED) is 0.826. The van der Waals surface area contributed by atoms with Crippen molar-refractivity contribution in [3.8, 4) is 0 Å². The summed E-state index contributed by atoms with van der Waals surface area (Å²) >= 11 is 5.38. The molecule has 0 radical (unpaired) electrons. The van der Waals surface area contributed by atoms with Crippen LogP contribution in [0, 0.1) is 13.8 Å². The highest BCUT2D eigenvalue weighted by atomic mass is 32.1. The molecule has 0 bridgehead atoms. The fourth-order valence-electron chi connectivity index (χ4n) is 2.20. The van der Waals surface area contributed by atoms with Crippen LogP contribution in [0.25, 0.3) is 0 Å². The van der Waals surface area contributed by atoms with E-state index in [0.29, 0.717) is 11.7 Å². The molecule has 0 amide bonds. The number of thiocarbonyl (C=S) groups is 1. The van der Waals surface area contributed by atoms with Crippen molar-refractivity contribution in [2.24, 2.45) is 0 Å². The Balaban J connectivity index is 1.92. The van der Waals surface area contributed by atoms with Crippen LogP contribution in [0.15, 0.2) is 41.0 Å². The largest absolute Gasteiger partial charge is 0.468 e. The molecule has 22 heavy (non-hydrogen) atoms. The third-order valence-electron chi connectivity index (χ3n) is 3.72. The molecule has 0 aliphatic rings. The zero-order valence-electron chi connectivity index (χ0n) is 13.5. The first-order chi connectivity index (χ1) is 10.5. The number of rotatable bonds is 5. The van der Waals surface area contributed by atoms with Gasteiger partial charge in [-0.15, -0.1) is 0 Å². The van der Waals surface area contributed by atoms with E-state index in [1.165, 1.54) is 11.1 Å². The van der Waals surface area contributed by atoms with Crippen molar-refractivity contribution in [3.05, 3.63) is 53.5 Å². The van der Waals surface area contributed by atoms with Gasteiger partial charge in [0.25, 0.3) is 0 Å². The number of likely N-dealkylation sites (N-methyl/N-ethyl adjacent to an activating group) is 1. The van der Waals surface area contributed by atoms with E-state index < -0.39 is 0 Å². The maximum atomic E-state index is 5.49. The standard InChI is InChI=1S/C17H23N3OS/c1-12-7-8-14(10-13(12)2)19-17(22)18-11-15(20(3)4)16-6-5-9-21-16/h5-10,15H,11H2,1-4H3,(H2,18,19,22)/t15-/m0/s1. The zero-order valence-corrected chi connectivity index (χ0v) is 14.3. The number of aryl methyl sites for hydroxylation is 2. The van der Waals surface area contributed by atoms with E-state index in [2.05, 4.69) is 41.5 Å². The minimum absolute atomic E-state index is 0.134. The van der Waals surface area contributed by atoms with Gasteiger partial charge in [0.15, 0.2) is 5.11 Å². The maximum absolute atomic E-state index is 5.49. The van der Waals surface area contributed by atoms with Crippen molar-refractivity contribution in [2.75, 3.05) is 26.0 Å². The predicted molar refractivity (Wildman–Crippen MR) is 95.3 cm³/mol. The summed E-state index contributed by atoms with van der Waals surface area (Å²) in [7, 11) is 4.04. The molecule has 1 atom stereocenters. The molecule has 0 saturated carbocycles. The summed E-state index contributed by atoms with van der Waals surface area (Å²) in [6, 6.07) is 10.2. The molecule has 1 heterocycles. The van der Waals surface area contributed by atoms with Crippen LogP contribution in [0.4, 0.5) is 5.69 Å². The Morgan fingerprint density at radius 1 is 1.23 bits per heavy atom. The second-order valence-electron chi connectivity index (χ2n) is 5.63. The van der Waals surface area contributed by atoms with E-state index in [4.69, 9.17) is 16.6 Å². The maximum Gasteiger partial charge on any atom is 0.170 e. The molecule has 118 valence electrons. The molecular formula is C17H23N3OS. The molecule has 0 saturated heterocycles. The molecule has 0 fully saturated rings. The Bertz CT molecular complexity index is 623. The van der Waals surface area contributed by atoms with Gasteiger partial charge in [-0.25, -0.2) is 0 Å². The third-order valence-corrected chi connectivity index (χ3v) is 3.96. The second kappa shape index (κ2) is 7.42. The lowest BCUT2D eigenvalue weighted by molar-refractivity contribution is 0.259. The van der Waals surface area contributed by atoms with Crippen molar-refractivity contribution >= 4 is 23.0 Å². The highest BCUT2D eigenvalue weighted by Crippen LogP contribution is 2.18. The molecule has 1 aromatic heterocycles. The minimum Gasteiger partial charge on any atom is -0.468 e. The summed E-state index contributed by atoms with van der Waals surface area (Å²) in [5.41, 5.74) is 3.52. The summed E-state index contributed by atoms with van der Waals surface area (Å²) < 4.78 is 5.49. The highest BCUT2D eigenvalue weighted by molar-refractivity contribution is 7.80. The van der Waals surface area contributed by atoms with Crippen LogP contribution in [0.1, 0.15) is 22.9 Å². The van der Waals surface area contributed by atoms with E-state index in [0.717, 1.165) is 11.4 Å². The number of hydrogen-bond donors (Lipinski definition) is 2. The Morgan fingerprint density at radius 2 is 2.00 bits per heavy atom. The fourth-order valence-corrected chi connectivity index (χ4v) is 2.40. The van der Waals surface area contributed by atoms with Crippen LogP contribution in [0.2, 0.25) is 0 Å². The third kappa shape index (κ3) is 4.32. The van der Waals surface area contributed by atoms with Crippen molar-refractivity contribution in [1.29, 1.82) is 0 Å². The number of anilines is 1. The SMILES string of the molecule is Cc1ccc(NC(=S)NC[C@@H](c2ccco2)N(C)C)cc1C. The Morgan fingerprint density at radius 3 is 2.59 bits per heavy atom. The Hall–Kier alpha value is -1.85. The summed E-state index contributed by atoms with van der Waals surface area (Å²) in [4.78, 5) is 2.10. The molecule has 1 aromatic carbocycles. The predicted octanol–water partition coefficient (Wildman–Crippen LogP) is 3.49. The number of hydrogen-bond acceptors (Lipinski definition) is 3. The average molecular weight is 317 g/mol. The van der Waals surface area contributed by atoms with E-state index in [1.807, 2.05) is 32.3 Å². The molecular weight excluding hydrogens is 294 g/mol. The molecule has 0 spiro atoms. The van der Waals surface area contributed by atoms with Gasteiger partial charge in [0, 0.05) is 12.2 Å². The molecule has 0 aliphatic heterocycles. The van der Waals surface area contributed by atoms with E-state index >= 15 is 0 Å². The van der Waals surface area contributed by atoms with Gasteiger partial charge in [-0.1, -0.05) is 6.07 Å². The first-order valence-electron chi connectivity index (χ1n) is 7.29. The first kappa shape index (κ1) is 16.5. The summed E-state index contributed by atoms with van der Waals surface area (Å²) in [6.45, 7) is 4.87. The summed E-state index contributed by atoms with van der Waals surface area (Å²) in [5.74, 6) is 0.923. The van der Waals surface area contributed by atoms with E-state index in [-0.39, 0.29) is 6.04 Å². The molecule has 2 aromatic rings. The van der Waals surface area contributed by atoms with Gasteiger partial charge in [-0.2, -0.15) is 0 Å². The molecule has 2 rings (SSSR count). The zero-order chi connectivity index (χ0) is 16.1. The van der Waals surface area contributed by atoms with Crippen LogP contribution in [0.3, 0.4) is 0 Å². The van der Waals surface area contributed by atoms with Crippen molar-refractivity contribution in [2.45, 2.75) is 19.9 Å². The van der Waals surface area contributed by atoms with Crippen LogP contribution in [0.5, 0.6) is 0 Å². The average Bonchev–Trinajstić information content (AvgIpc) is 2.97. The summed E-state index contributed by atoms with van der Waals surface area (Å²) in [5, 5.41) is 7.09. The van der Waals surface area contributed by atoms with Gasteiger partial charge in [0.1, 0.15) is 5.76 Å².